The van der Waals surface area contributed by atoms with Crippen LogP contribution in [0.2, 0.25) is 0 Å². The number of rotatable bonds is 9. The average molecular weight is 424 g/mol. The molecule has 4 rings (SSSR count). The number of nitrogens with one attached hydrogen (secondary N) is 1. The van der Waals surface area contributed by atoms with E-state index >= 15 is 0 Å². The van der Waals surface area contributed by atoms with Crippen LogP contribution in [0, 0.1) is 19.8 Å². The highest BCUT2D eigenvalue weighted by atomic mass is 16.5. The van der Waals surface area contributed by atoms with Crippen LogP contribution < -0.4 is 14.8 Å². The van der Waals surface area contributed by atoms with Crippen LogP contribution in [0.1, 0.15) is 41.6 Å². The lowest BCUT2D eigenvalue weighted by molar-refractivity contribution is -0.121. The van der Waals surface area contributed by atoms with E-state index in [1.54, 1.807) is 18.0 Å². The van der Waals surface area contributed by atoms with Gasteiger partial charge >= 0.3 is 0 Å². The quantitative estimate of drug-likeness (QED) is 0.569. The predicted molar refractivity (Wildman–Crippen MR) is 117 cm³/mol. The number of hydrogen-bond acceptors (Lipinski definition) is 6. The van der Waals surface area contributed by atoms with Crippen molar-refractivity contribution in [3.63, 3.8) is 0 Å². The van der Waals surface area contributed by atoms with E-state index < -0.39 is 0 Å². The number of methoxy groups -OCH3 is 1. The molecule has 1 N–H and O–H groups in total. The molecule has 0 spiro atoms. The lowest BCUT2D eigenvalue weighted by Crippen LogP contribution is -2.23. The molecule has 0 aliphatic heterocycles. The molecule has 0 atom stereocenters. The van der Waals surface area contributed by atoms with Crippen LogP contribution in [0.5, 0.6) is 11.8 Å². The zero-order chi connectivity index (χ0) is 22.0. The maximum Gasteiger partial charge on any atom is 0.242 e. The van der Waals surface area contributed by atoms with Crippen molar-refractivity contribution in [2.24, 2.45) is 13.0 Å². The first-order valence-electron chi connectivity index (χ1n) is 10.7. The summed E-state index contributed by atoms with van der Waals surface area (Å²) in [5, 5.41) is 8.25. The minimum Gasteiger partial charge on any atom is -0.479 e. The Morgan fingerprint density at radius 2 is 2.10 bits per heavy atom. The Balaban J connectivity index is 1.33. The molecule has 0 bridgehead atoms. The summed E-state index contributed by atoms with van der Waals surface area (Å²) in [6.45, 7) is 5.19. The van der Waals surface area contributed by atoms with Gasteiger partial charge in [-0.05, 0) is 55.7 Å². The van der Waals surface area contributed by atoms with Crippen molar-refractivity contribution in [2.45, 2.75) is 46.1 Å². The maximum absolute atomic E-state index is 12.4. The van der Waals surface area contributed by atoms with Crippen LogP contribution in [0.15, 0.2) is 18.3 Å². The molecule has 1 fully saturated rings. The zero-order valence-corrected chi connectivity index (χ0v) is 18.6. The smallest absolute Gasteiger partial charge is 0.242 e. The van der Waals surface area contributed by atoms with Gasteiger partial charge in [0, 0.05) is 38.0 Å². The Kier molecular flexibility index (Phi) is 6.06. The third-order valence-electron chi connectivity index (χ3n) is 5.77. The summed E-state index contributed by atoms with van der Waals surface area (Å²) in [5.74, 6) is 1.89. The molecule has 1 saturated carbocycles. The Labute approximate surface area is 182 Å². The highest BCUT2D eigenvalue weighted by Gasteiger charge is 2.22. The van der Waals surface area contributed by atoms with Gasteiger partial charge in [-0.2, -0.15) is 0 Å². The summed E-state index contributed by atoms with van der Waals surface area (Å²) >= 11 is 0. The zero-order valence-electron chi connectivity index (χ0n) is 18.6. The van der Waals surface area contributed by atoms with Gasteiger partial charge in [0.2, 0.25) is 17.7 Å². The second-order valence-electron chi connectivity index (χ2n) is 8.17. The van der Waals surface area contributed by atoms with E-state index in [9.17, 15) is 4.79 Å². The first-order chi connectivity index (χ1) is 15.0. The van der Waals surface area contributed by atoms with Crippen LogP contribution in [-0.4, -0.2) is 39.4 Å². The molecule has 1 amide bonds. The average Bonchev–Trinajstić information content (AvgIpc) is 3.54. The Hall–Kier alpha value is -3.16. The van der Waals surface area contributed by atoms with E-state index in [4.69, 9.17) is 9.47 Å². The monoisotopic (exact) mass is 423 g/mol. The van der Waals surface area contributed by atoms with Crippen molar-refractivity contribution >= 4 is 16.9 Å². The number of nitrogens with zero attached hydrogens (tertiary/aromatic N) is 4. The summed E-state index contributed by atoms with van der Waals surface area (Å²) in [6.07, 6.45) is 5.25. The molecule has 164 valence electrons. The molecule has 31 heavy (non-hydrogen) atoms. The van der Waals surface area contributed by atoms with Gasteiger partial charge in [0.05, 0.1) is 19.1 Å². The van der Waals surface area contributed by atoms with E-state index in [2.05, 4.69) is 20.4 Å². The molecule has 8 heteroatoms. The number of carbonyl (C=O) groups excluding carboxylic acids is 1. The van der Waals surface area contributed by atoms with Crippen molar-refractivity contribution in [3.8, 4) is 11.8 Å². The number of aryl methyl sites for hydroxylation is 3. The molecule has 0 aromatic carbocycles. The maximum atomic E-state index is 12.4. The van der Waals surface area contributed by atoms with Crippen molar-refractivity contribution in [1.82, 2.24) is 25.1 Å². The molecular formula is C23H29N5O3. The number of carbonyl (C=O) groups is 1. The van der Waals surface area contributed by atoms with Crippen LogP contribution in [0.4, 0.5) is 0 Å². The number of hydrogen-bond donors (Lipinski definition) is 1. The number of fused-ring (bicyclic) bond motifs is 1. The topological polar surface area (TPSA) is 91.2 Å². The van der Waals surface area contributed by atoms with Gasteiger partial charge < -0.3 is 14.8 Å². The minimum absolute atomic E-state index is 0.00823. The summed E-state index contributed by atoms with van der Waals surface area (Å²) < 4.78 is 12.8. The summed E-state index contributed by atoms with van der Waals surface area (Å²) in [6, 6.07) is 3.80. The van der Waals surface area contributed by atoms with Gasteiger partial charge in [-0.3, -0.25) is 4.79 Å². The molecule has 0 saturated heterocycles. The lowest BCUT2D eigenvalue weighted by Gasteiger charge is -2.11. The molecule has 1 aliphatic rings. The second-order valence-corrected chi connectivity index (χ2v) is 8.17. The molecule has 0 radical (unpaired) electrons. The fourth-order valence-corrected chi connectivity index (χ4v) is 3.72. The van der Waals surface area contributed by atoms with Crippen molar-refractivity contribution in [3.05, 3.63) is 40.7 Å². The van der Waals surface area contributed by atoms with E-state index in [1.807, 2.05) is 33.0 Å². The first-order valence-corrected chi connectivity index (χ1v) is 10.7. The van der Waals surface area contributed by atoms with Gasteiger partial charge in [-0.1, -0.05) is 6.07 Å². The molecule has 3 aromatic heterocycles. The molecule has 0 unspecified atom stereocenters. The van der Waals surface area contributed by atoms with E-state index in [-0.39, 0.29) is 5.91 Å². The van der Waals surface area contributed by atoms with Gasteiger partial charge in [-0.15, -0.1) is 5.10 Å². The fraction of sp³-hybridized carbons (Fsp3) is 0.478. The molecule has 8 nitrogen and oxygen atoms in total. The molecule has 1 aliphatic carbocycles. The third kappa shape index (κ3) is 4.78. The van der Waals surface area contributed by atoms with Crippen LogP contribution in [0.3, 0.4) is 0 Å². The van der Waals surface area contributed by atoms with E-state index in [1.165, 1.54) is 12.8 Å². The van der Waals surface area contributed by atoms with Crippen molar-refractivity contribution in [1.29, 1.82) is 0 Å². The van der Waals surface area contributed by atoms with Crippen LogP contribution in [-0.2, 0) is 24.8 Å². The van der Waals surface area contributed by atoms with Crippen LogP contribution >= 0.6 is 0 Å². The summed E-state index contributed by atoms with van der Waals surface area (Å²) in [4.78, 5) is 21.4. The largest absolute Gasteiger partial charge is 0.479 e. The van der Waals surface area contributed by atoms with Crippen molar-refractivity contribution < 1.29 is 14.3 Å². The highest BCUT2D eigenvalue weighted by Crippen LogP contribution is 2.30. The Bertz CT molecular complexity index is 1090. The lowest BCUT2D eigenvalue weighted by atomic mass is 10.00. The van der Waals surface area contributed by atoms with Crippen LogP contribution in [0.25, 0.3) is 11.0 Å². The third-order valence-corrected chi connectivity index (χ3v) is 5.77. The van der Waals surface area contributed by atoms with E-state index in [0.29, 0.717) is 37.1 Å². The van der Waals surface area contributed by atoms with Gasteiger partial charge in [0.25, 0.3) is 0 Å². The molecular weight excluding hydrogens is 394 g/mol. The van der Waals surface area contributed by atoms with Crippen molar-refractivity contribution in [2.75, 3.05) is 13.7 Å². The van der Waals surface area contributed by atoms with Gasteiger partial charge in [0.15, 0.2) is 5.65 Å². The number of ether oxygens (including phenoxy) is 2. The number of aromatic nitrogens is 4. The normalized spacial score (nSPS) is 13.4. The first kappa shape index (κ1) is 21.1. The second kappa shape index (κ2) is 8.91. The Morgan fingerprint density at radius 1 is 1.29 bits per heavy atom. The highest BCUT2D eigenvalue weighted by molar-refractivity contribution is 5.86. The summed E-state index contributed by atoms with van der Waals surface area (Å²) in [5.41, 5.74) is 4.77. The minimum atomic E-state index is -0.00823. The molecule has 3 heterocycles. The van der Waals surface area contributed by atoms with Gasteiger partial charge in [-0.25, -0.2) is 14.6 Å². The predicted octanol–water partition coefficient (Wildman–Crippen LogP) is 3.03. The Morgan fingerprint density at radius 3 is 2.77 bits per heavy atom. The molecule has 3 aromatic rings. The summed E-state index contributed by atoms with van der Waals surface area (Å²) in [7, 11) is 3.46. The van der Waals surface area contributed by atoms with E-state index in [0.717, 1.165) is 40.0 Å². The number of amides is 1. The van der Waals surface area contributed by atoms with Gasteiger partial charge in [0.1, 0.15) is 0 Å². The fourth-order valence-electron chi connectivity index (χ4n) is 3.72. The number of pyridine rings is 2. The standard InChI is InChI=1S/C23H29N5O3/c1-14-18(15(2)26-22-21(14)23(30-4)27-28(22)3)8-9-19(29)24-11-17-7-10-20(25-12-17)31-13-16-5-6-16/h7,10,12,16H,5-6,8-9,11,13H2,1-4H3,(H,24,29). The SMILES string of the molecule is COc1nn(C)c2nc(C)c(CCC(=O)NCc3ccc(OCC4CC4)nc3)c(C)c12.